The average Bonchev–Trinajstić information content (AvgIpc) is 2.34. The number of nitrogens with zero attached hydrogens (tertiary/aromatic N) is 1. The van der Waals surface area contributed by atoms with Crippen molar-refractivity contribution in [2.45, 2.75) is 38.8 Å². The molecule has 3 nitrogen and oxygen atoms in total. The molecule has 0 amide bonds. The molecule has 0 saturated carbocycles. The molecule has 2 unspecified atom stereocenters. The molecule has 0 spiro atoms. The summed E-state index contributed by atoms with van der Waals surface area (Å²) in [5.74, 6) is -0.222. The van der Waals surface area contributed by atoms with Crippen LogP contribution in [-0.2, 0) is 0 Å². The molecule has 0 aromatic heterocycles. The van der Waals surface area contributed by atoms with Crippen molar-refractivity contribution in [3.05, 3.63) is 29.8 Å². The summed E-state index contributed by atoms with van der Waals surface area (Å²) in [5, 5.41) is 9.25. The van der Waals surface area contributed by atoms with Gasteiger partial charge in [0.1, 0.15) is 5.75 Å². The zero-order chi connectivity index (χ0) is 15.3. The molecule has 0 aliphatic rings. The Kier molecular flexibility index (Phi) is 5.83. The fourth-order valence-corrected chi connectivity index (χ4v) is 1.79. The highest BCUT2D eigenvalue weighted by atomic mass is 19.4. The molecule has 0 aliphatic heterocycles. The number of aliphatic hydroxyl groups excluding tert-OH is 1. The largest absolute Gasteiger partial charge is 0.573 e. The summed E-state index contributed by atoms with van der Waals surface area (Å²) in [6, 6.07) is 5.90. The molecule has 0 saturated heterocycles. The monoisotopic (exact) mass is 291 g/mol. The third-order valence-electron chi connectivity index (χ3n) is 3.16. The normalized spacial score (nSPS) is 15.2. The lowest BCUT2D eigenvalue weighted by molar-refractivity contribution is -0.274. The number of alkyl halides is 3. The van der Waals surface area contributed by atoms with Crippen molar-refractivity contribution in [2.24, 2.45) is 0 Å². The molecule has 1 N–H and O–H groups in total. The van der Waals surface area contributed by atoms with Gasteiger partial charge >= 0.3 is 6.36 Å². The number of hydrogen-bond donors (Lipinski definition) is 1. The summed E-state index contributed by atoms with van der Waals surface area (Å²) in [6.45, 7) is 4.39. The molecule has 0 aliphatic carbocycles. The van der Waals surface area contributed by atoms with Crippen LogP contribution in [0.2, 0.25) is 0 Å². The lowest BCUT2D eigenvalue weighted by Crippen LogP contribution is -2.25. The van der Waals surface area contributed by atoms with Gasteiger partial charge in [-0.3, -0.25) is 4.90 Å². The van der Waals surface area contributed by atoms with Gasteiger partial charge in [-0.15, -0.1) is 13.2 Å². The van der Waals surface area contributed by atoms with Gasteiger partial charge in [0, 0.05) is 12.6 Å². The van der Waals surface area contributed by atoms with Crippen molar-refractivity contribution < 1.29 is 23.0 Å². The Morgan fingerprint density at radius 3 is 2.20 bits per heavy atom. The molecule has 0 radical (unpaired) electrons. The Labute approximate surface area is 117 Å². The van der Waals surface area contributed by atoms with Crippen molar-refractivity contribution in [3.8, 4) is 5.75 Å². The maximum Gasteiger partial charge on any atom is 0.573 e. The second kappa shape index (κ2) is 6.95. The molecule has 1 aromatic rings. The van der Waals surface area contributed by atoms with Crippen LogP contribution in [0.25, 0.3) is 0 Å². The Hall–Kier alpha value is -1.27. The highest BCUT2D eigenvalue weighted by Gasteiger charge is 2.31. The first kappa shape index (κ1) is 16.8. The van der Waals surface area contributed by atoms with Crippen LogP contribution in [0.5, 0.6) is 5.75 Å². The van der Waals surface area contributed by atoms with Crippen molar-refractivity contribution in [1.29, 1.82) is 0 Å². The maximum atomic E-state index is 12.1. The van der Waals surface area contributed by atoms with Gasteiger partial charge in [0.2, 0.25) is 0 Å². The van der Waals surface area contributed by atoms with Crippen molar-refractivity contribution in [1.82, 2.24) is 4.90 Å². The van der Waals surface area contributed by atoms with Crippen LogP contribution in [-0.4, -0.2) is 36.1 Å². The number of ether oxygens (including phenoxy) is 1. The molecule has 6 heteroatoms. The first-order valence-corrected chi connectivity index (χ1v) is 6.43. The average molecular weight is 291 g/mol. The van der Waals surface area contributed by atoms with Gasteiger partial charge in [0.05, 0.1) is 6.10 Å². The van der Waals surface area contributed by atoms with Crippen LogP contribution >= 0.6 is 0 Å². The number of aliphatic hydroxyl groups is 1. The number of hydrogen-bond acceptors (Lipinski definition) is 3. The zero-order valence-electron chi connectivity index (χ0n) is 11.8. The zero-order valence-corrected chi connectivity index (χ0v) is 11.8. The van der Waals surface area contributed by atoms with Crippen LogP contribution in [0.4, 0.5) is 13.2 Å². The molecule has 20 heavy (non-hydrogen) atoms. The smallest absolute Gasteiger partial charge is 0.406 e. The second-order valence-electron chi connectivity index (χ2n) is 4.91. The van der Waals surface area contributed by atoms with Gasteiger partial charge < -0.3 is 9.84 Å². The molecule has 0 bridgehead atoms. The van der Waals surface area contributed by atoms with Crippen LogP contribution in [0.3, 0.4) is 0 Å². The molecular weight excluding hydrogens is 271 g/mol. The molecule has 0 fully saturated rings. The van der Waals surface area contributed by atoms with Crippen molar-refractivity contribution in [2.75, 3.05) is 13.6 Å². The van der Waals surface area contributed by atoms with Crippen molar-refractivity contribution in [3.63, 3.8) is 0 Å². The summed E-state index contributed by atoms with van der Waals surface area (Å²) in [5.41, 5.74) is 0.896. The standard InChI is InChI=1S/C14H20F3NO2/c1-10(19)8-9-18(3)11(2)12-4-6-13(7-5-12)20-14(15,16)17/h4-7,10-11,19H,8-9H2,1-3H3. The summed E-state index contributed by atoms with van der Waals surface area (Å²) in [6.07, 6.45) is -4.38. The fourth-order valence-electron chi connectivity index (χ4n) is 1.79. The predicted octanol–water partition coefficient (Wildman–Crippen LogP) is 3.35. The number of rotatable bonds is 6. The van der Waals surface area contributed by atoms with E-state index in [4.69, 9.17) is 0 Å². The first-order valence-electron chi connectivity index (χ1n) is 6.43. The second-order valence-corrected chi connectivity index (χ2v) is 4.91. The highest BCUT2D eigenvalue weighted by Crippen LogP contribution is 2.26. The molecule has 1 rings (SSSR count). The Morgan fingerprint density at radius 2 is 1.75 bits per heavy atom. The van der Waals surface area contributed by atoms with E-state index in [0.29, 0.717) is 13.0 Å². The SMILES string of the molecule is CC(O)CCN(C)C(C)c1ccc(OC(F)(F)F)cc1. The van der Waals surface area contributed by atoms with Crippen molar-refractivity contribution >= 4 is 0 Å². The lowest BCUT2D eigenvalue weighted by atomic mass is 10.1. The predicted molar refractivity (Wildman–Crippen MR) is 70.5 cm³/mol. The fraction of sp³-hybridized carbons (Fsp3) is 0.571. The van der Waals surface area contributed by atoms with Crippen LogP contribution < -0.4 is 4.74 Å². The third-order valence-corrected chi connectivity index (χ3v) is 3.16. The minimum absolute atomic E-state index is 0.0497. The van der Waals surface area contributed by atoms with E-state index in [1.807, 2.05) is 18.9 Å². The van der Waals surface area contributed by atoms with E-state index in [2.05, 4.69) is 4.74 Å². The van der Waals surface area contributed by atoms with E-state index in [9.17, 15) is 18.3 Å². The Bertz CT molecular complexity index is 404. The van der Waals surface area contributed by atoms with E-state index in [0.717, 1.165) is 5.56 Å². The lowest BCUT2D eigenvalue weighted by Gasteiger charge is -2.25. The van der Waals surface area contributed by atoms with E-state index in [-0.39, 0.29) is 17.9 Å². The van der Waals surface area contributed by atoms with E-state index >= 15 is 0 Å². The first-order chi connectivity index (χ1) is 9.19. The van der Waals surface area contributed by atoms with Crippen LogP contribution in [0, 0.1) is 0 Å². The van der Waals surface area contributed by atoms with Crippen LogP contribution in [0.1, 0.15) is 31.9 Å². The Balaban J connectivity index is 2.63. The van der Waals surface area contributed by atoms with Gasteiger partial charge in [-0.05, 0) is 45.0 Å². The highest BCUT2D eigenvalue weighted by molar-refractivity contribution is 5.29. The minimum atomic E-state index is -4.67. The minimum Gasteiger partial charge on any atom is -0.406 e. The van der Waals surface area contributed by atoms with Gasteiger partial charge in [-0.25, -0.2) is 0 Å². The summed E-state index contributed by atoms with van der Waals surface area (Å²) in [7, 11) is 1.91. The van der Waals surface area contributed by atoms with E-state index < -0.39 is 6.36 Å². The molecule has 0 heterocycles. The van der Waals surface area contributed by atoms with Gasteiger partial charge in [-0.2, -0.15) is 0 Å². The topological polar surface area (TPSA) is 32.7 Å². The third kappa shape index (κ3) is 5.79. The maximum absolute atomic E-state index is 12.1. The number of halogens is 3. The molecule has 2 atom stereocenters. The quantitative estimate of drug-likeness (QED) is 0.872. The number of benzene rings is 1. The summed E-state index contributed by atoms with van der Waals surface area (Å²) >= 11 is 0. The summed E-state index contributed by atoms with van der Waals surface area (Å²) in [4.78, 5) is 2.03. The van der Waals surface area contributed by atoms with Crippen LogP contribution in [0.15, 0.2) is 24.3 Å². The van der Waals surface area contributed by atoms with Gasteiger partial charge in [-0.1, -0.05) is 12.1 Å². The molecule has 1 aromatic carbocycles. The Morgan fingerprint density at radius 1 is 1.20 bits per heavy atom. The van der Waals surface area contributed by atoms with Gasteiger partial charge in [0.15, 0.2) is 0 Å². The molecule has 114 valence electrons. The van der Waals surface area contributed by atoms with E-state index in [1.165, 1.54) is 12.1 Å². The molecular formula is C14H20F3NO2. The van der Waals surface area contributed by atoms with E-state index in [1.54, 1.807) is 19.1 Å². The van der Waals surface area contributed by atoms with Gasteiger partial charge in [0.25, 0.3) is 0 Å². The summed E-state index contributed by atoms with van der Waals surface area (Å²) < 4.78 is 40.0.